The van der Waals surface area contributed by atoms with Crippen molar-refractivity contribution in [2.75, 3.05) is 12.9 Å². The SMILES string of the molecule is CC(C)(C)OC(=O)COc1cccc2c1CCCC2.CSc1cccc(-c2ccc(SN)cc2)c1. The number of aryl methyl sites for hydroxylation is 1. The van der Waals surface area contributed by atoms with Crippen LogP contribution in [0.3, 0.4) is 0 Å². The Morgan fingerprint density at radius 1 is 0.914 bits per heavy atom. The van der Waals surface area contributed by atoms with E-state index in [1.54, 1.807) is 11.8 Å². The van der Waals surface area contributed by atoms with Gasteiger partial charge in [-0.3, -0.25) is 5.14 Å². The van der Waals surface area contributed by atoms with Crippen LogP contribution in [0.2, 0.25) is 0 Å². The number of benzene rings is 3. The van der Waals surface area contributed by atoms with Gasteiger partial charge in [0.15, 0.2) is 6.61 Å². The molecule has 186 valence electrons. The Labute approximate surface area is 218 Å². The van der Waals surface area contributed by atoms with Gasteiger partial charge in [-0.15, -0.1) is 11.8 Å². The molecule has 0 aliphatic heterocycles. The molecular weight excluding hydrogens is 474 g/mol. The number of hydrogen-bond donors (Lipinski definition) is 1. The third kappa shape index (κ3) is 8.64. The van der Waals surface area contributed by atoms with Crippen LogP contribution in [0.25, 0.3) is 11.1 Å². The summed E-state index contributed by atoms with van der Waals surface area (Å²) in [6, 6.07) is 22.9. The van der Waals surface area contributed by atoms with Crippen LogP contribution in [-0.2, 0) is 22.4 Å². The quantitative estimate of drug-likeness (QED) is 0.213. The summed E-state index contributed by atoms with van der Waals surface area (Å²) in [6.07, 6.45) is 6.67. The number of fused-ring (bicyclic) bond motifs is 1. The van der Waals surface area contributed by atoms with Gasteiger partial charge in [-0.05, 0) is 117 Å². The van der Waals surface area contributed by atoms with Crippen LogP contribution in [0.15, 0.2) is 76.5 Å². The van der Waals surface area contributed by atoms with Gasteiger partial charge in [0.1, 0.15) is 11.4 Å². The summed E-state index contributed by atoms with van der Waals surface area (Å²) < 4.78 is 10.9. The van der Waals surface area contributed by atoms with Crippen LogP contribution in [0.4, 0.5) is 0 Å². The van der Waals surface area contributed by atoms with Crippen LogP contribution in [0, 0.1) is 0 Å². The molecule has 1 aliphatic carbocycles. The lowest BCUT2D eigenvalue weighted by Gasteiger charge is -2.21. The van der Waals surface area contributed by atoms with Gasteiger partial charge >= 0.3 is 5.97 Å². The molecule has 0 amide bonds. The number of ether oxygens (including phenoxy) is 2. The maximum absolute atomic E-state index is 11.7. The monoisotopic (exact) mass is 509 g/mol. The van der Waals surface area contributed by atoms with Crippen molar-refractivity contribution in [1.82, 2.24) is 0 Å². The van der Waals surface area contributed by atoms with Gasteiger partial charge < -0.3 is 9.47 Å². The van der Waals surface area contributed by atoms with E-state index in [0.29, 0.717) is 0 Å². The number of thioether (sulfide) groups is 1. The summed E-state index contributed by atoms with van der Waals surface area (Å²) >= 11 is 3.04. The summed E-state index contributed by atoms with van der Waals surface area (Å²) in [5.74, 6) is 0.518. The summed E-state index contributed by atoms with van der Waals surface area (Å²) in [6.45, 7) is 5.55. The molecule has 6 heteroatoms. The molecule has 1 aliphatic rings. The zero-order valence-corrected chi connectivity index (χ0v) is 22.6. The van der Waals surface area contributed by atoms with Crippen LogP contribution in [0.1, 0.15) is 44.7 Å². The number of hydrogen-bond acceptors (Lipinski definition) is 6. The Hall–Kier alpha value is -2.41. The van der Waals surface area contributed by atoms with Crippen LogP contribution in [-0.4, -0.2) is 24.4 Å². The van der Waals surface area contributed by atoms with Crippen molar-refractivity contribution >= 4 is 29.7 Å². The summed E-state index contributed by atoms with van der Waals surface area (Å²) in [4.78, 5) is 14.0. The van der Waals surface area contributed by atoms with Crippen molar-refractivity contribution in [3.63, 3.8) is 0 Å². The molecule has 2 N–H and O–H groups in total. The molecule has 0 saturated carbocycles. The molecule has 0 spiro atoms. The number of nitrogens with two attached hydrogens (primary N) is 1. The Morgan fingerprint density at radius 2 is 1.63 bits per heavy atom. The van der Waals surface area contributed by atoms with E-state index in [1.807, 2.05) is 45.0 Å². The third-order valence-electron chi connectivity index (χ3n) is 5.51. The van der Waals surface area contributed by atoms with Crippen molar-refractivity contribution in [2.45, 2.75) is 61.8 Å². The summed E-state index contributed by atoms with van der Waals surface area (Å²) in [5.41, 5.74) is 4.63. The second-order valence-corrected chi connectivity index (χ2v) is 10.9. The minimum Gasteiger partial charge on any atom is -0.482 e. The highest BCUT2D eigenvalue weighted by Gasteiger charge is 2.18. The van der Waals surface area contributed by atoms with E-state index in [9.17, 15) is 4.79 Å². The molecule has 0 heterocycles. The molecule has 3 aromatic carbocycles. The largest absolute Gasteiger partial charge is 0.482 e. The average molecular weight is 510 g/mol. The van der Waals surface area contributed by atoms with Crippen LogP contribution in [0.5, 0.6) is 5.75 Å². The highest BCUT2D eigenvalue weighted by Crippen LogP contribution is 2.29. The molecule has 0 atom stereocenters. The number of esters is 1. The van der Waals surface area contributed by atoms with Crippen LogP contribution >= 0.6 is 23.7 Å². The summed E-state index contributed by atoms with van der Waals surface area (Å²) in [5, 5.41) is 5.50. The zero-order valence-electron chi connectivity index (χ0n) is 21.0. The minimum absolute atomic E-state index is 0.0201. The predicted molar refractivity (Wildman–Crippen MR) is 148 cm³/mol. The maximum atomic E-state index is 11.7. The van der Waals surface area contributed by atoms with Crippen molar-refractivity contribution in [3.8, 4) is 16.9 Å². The fourth-order valence-corrected chi connectivity index (χ4v) is 4.67. The van der Waals surface area contributed by atoms with Gasteiger partial charge in [-0.25, -0.2) is 4.79 Å². The average Bonchev–Trinajstić information content (AvgIpc) is 2.87. The first kappa shape index (κ1) is 27.2. The van der Waals surface area contributed by atoms with Crippen molar-refractivity contribution in [1.29, 1.82) is 0 Å². The Bertz CT molecular complexity index is 1110. The Morgan fingerprint density at radius 3 is 2.31 bits per heavy atom. The molecule has 0 saturated heterocycles. The second-order valence-electron chi connectivity index (χ2n) is 9.35. The van der Waals surface area contributed by atoms with E-state index in [-0.39, 0.29) is 12.6 Å². The van der Waals surface area contributed by atoms with Gasteiger partial charge in [0.25, 0.3) is 0 Å². The molecule has 35 heavy (non-hydrogen) atoms. The Kier molecular flexibility index (Phi) is 10.1. The molecule has 3 aromatic rings. The first-order chi connectivity index (χ1) is 16.8. The smallest absolute Gasteiger partial charge is 0.344 e. The second kappa shape index (κ2) is 13.1. The van der Waals surface area contributed by atoms with E-state index < -0.39 is 5.60 Å². The van der Waals surface area contributed by atoms with Gasteiger partial charge in [0, 0.05) is 9.79 Å². The topological polar surface area (TPSA) is 61.5 Å². The van der Waals surface area contributed by atoms with Gasteiger partial charge in [0.05, 0.1) is 0 Å². The van der Waals surface area contributed by atoms with E-state index in [1.165, 1.54) is 51.9 Å². The zero-order chi connectivity index (χ0) is 25.3. The van der Waals surface area contributed by atoms with Gasteiger partial charge in [-0.1, -0.05) is 36.4 Å². The first-order valence-electron chi connectivity index (χ1n) is 11.9. The van der Waals surface area contributed by atoms with Crippen molar-refractivity contribution < 1.29 is 14.3 Å². The number of rotatable bonds is 6. The molecule has 0 radical (unpaired) electrons. The summed E-state index contributed by atoms with van der Waals surface area (Å²) in [7, 11) is 0. The third-order valence-corrected chi connectivity index (χ3v) is 6.78. The van der Waals surface area contributed by atoms with Gasteiger partial charge in [0.2, 0.25) is 0 Å². The molecule has 0 bridgehead atoms. The van der Waals surface area contributed by atoms with Crippen molar-refractivity contribution in [3.05, 3.63) is 77.9 Å². The molecule has 0 unspecified atom stereocenters. The highest BCUT2D eigenvalue weighted by molar-refractivity contribution is 7.98. The normalized spacial score (nSPS) is 12.7. The van der Waals surface area contributed by atoms with E-state index >= 15 is 0 Å². The number of carbonyl (C=O) groups is 1. The maximum Gasteiger partial charge on any atom is 0.344 e. The molecule has 4 nitrogen and oxygen atoms in total. The molecule has 4 rings (SSSR count). The molecule has 0 fully saturated rings. The molecular formula is C29H35NO3S2. The first-order valence-corrected chi connectivity index (χ1v) is 14.0. The van der Waals surface area contributed by atoms with E-state index in [4.69, 9.17) is 14.6 Å². The highest BCUT2D eigenvalue weighted by atomic mass is 32.2. The lowest BCUT2D eigenvalue weighted by atomic mass is 9.91. The lowest BCUT2D eigenvalue weighted by molar-refractivity contribution is -0.157. The van der Waals surface area contributed by atoms with E-state index in [2.05, 4.69) is 48.7 Å². The minimum atomic E-state index is -0.462. The fraction of sp³-hybridized carbons (Fsp3) is 0.345. The standard InChI is InChI=1S/C16H22O3.C13H13NS2/c1-16(2,3)19-15(17)11-18-14-10-6-8-12-7-4-5-9-13(12)14;1-15-13-4-2-3-11(9-13)10-5-7-12(16-14)8-6-10/h6,8,10H,4-5,7,9,11H2,1-3H3;2-9H,14H2,1H3. The Balaban J connectivity index is 0.000000198. The van der Waals surface area contributed by atoms with Crippen LogP contribution < -0.4 is 9.88 Å². The lowest BCUT2D eigenvalue weighted by Crippen LogP contribution is -2.27. The fourth-order valence-electron chi connectivity index (χ4n) is 3.92. The number of carbonyl (C=O) groups excluding carboxylic acids is 1. The molecule has 0 aromatic heterocycles. The van der Waals surface area contributed by atoms with E-state index in [0.717, 1.165) is 23.5 Å². The predicted octanol–water partition coefficient (Wildman–Crippen LogP) is 7.33. The van der Waals surface area contributed by atoms with Gasteiger partial charge in [-0.2, -0.15) is 0 Å². The van der Waals surface area contributed by atoms with Crippen molar-refractivity contribution in [2.24, 2.45) is 5.14 Å².